The molecule has 0 radical (unpaired) electrons. The molecular formula is C20H22FN3O4S2. The molecule has 1 amide bonds. The first-order valence-corrected chi connectivity index (χ1v) is 11.6. The van der Waals surface area contributed by atoms with Crippen LogP contribution in [0.25, 0.3) is 10.2 Å². The van der Waals surface area contributed by atoms with Crippen molar-refractivity contribution in [1.29, 1.82) is 0 Å². The Morgan fingerprint density at radius 2 is 1.93 bits per heavy atom. The molecule has 7 nitrogen and oxygen atoms in total. The lowest BCUT2D eigenvalue weighted by molar-refractivity contribution is 0.0891. The molecule has 1 aromatic heterocycles. The number of rotatable bonds is 8. The Kier molecular flexibility index (Phi) is 6.69. The Labute approximate surface area is 178 Å². The van der Waals surface area contributed by atoms with E-state index < -0.39 is 15.8 Å². The van der Waals surface area contributed by atoms with E-state index in [0.717, 1.165) is 29.9 Å². The molecule has 3 N–H and O–H groups in total. The second-order valence-corrected chi connectivity index (χ2v) is 9.62. The van der Waals surface area contributed by atoms with Gasteiger partial charge in [0.15, 0.2) is 5.13 Å². The van der Waals surface area contributed by atoms with E-state index in [4.69, 9.17) is 0 Å². The van der Waals surface area contributed by atoms with Gasteiger partial charge in [-0.15, -0.1) is 0 Å². The topological polar surface area (TPSA) is 108 Å². The van der Waals surface area contributed by atoms with Gasteiger partial charge in [0, 0.05) is 5.56 Å². The van der Waals surface area contributed by atoms with Crippen molar-refractivity contribution in [2.45, 2.75) is 31.2 Å². The van der Waals surface area contributed by atoms with Crippen LogP contribution in [0, 0.1) is 11.7 Å². The molecule has 0 aliphatic heterocycles. The van der Waals surface area contributed by atoms with E-state index in [-0.39, 0.29) is 34.5 Å². The van der Waals surface area contributed by atoms with Crippen molar-refractivity contribution in [2.24, 2.45) is 5.92 Å². The lowest BCUT2D eigenvalue weighted by atomic mass is 9.99. The van der Waals surface area contributed by atoms with Gasteiger partial charge in [-0.2, -0.15) is 0 Å². The second-order valence-electron chi connectivity index (χ2n) is 6.91. The minimum atomic E-state index is -3.91. The first kappa shape index (κ1) is 22.1. The largest absolute Gasteiger partial charge is 0.394 e. The Morgan fingerprint density at radius 1 is 1.23 bits per heavy atom. The number of aliphatic hydroxyl groups excluding tert-OH is 1. The molecule has 2 atom stereocenters. The number of carbonyl (C=O) groups is 1. The number of carbonyl (C=O) groups excluding carboxylic acids is 1. The summed E-state index contributed by atoms with van der Waals surface area (Å²) >= 11 is 1.08. The molecule has 3 rings (SSSR count). The third kappa shape index (κ3) is 4.94. The van der Waals surface area contributed by atoms with E-state index in [0.29, 0.717) is 15.8 Å². The smallest absolute Gasteiger partial charge is 0.263 e. The minimum absolute atomic E-state index is 0.0803. The number of anilines is 1. The average Bonchev–Trinajstić information content (AvgIpc) is 3.12. The van der Waals surface area contributed by atoms with Crippen molar-refractivity contribution < 1.29 is 22.7 Å². The van der Waals surface area contributed by atoms with Crippen LogP contribution in [0.2, 0.25) is 0 Å². The maximum Gasteiger partial charge on any atom is 0.263 e. The summed E-state index contributed by atoms with van der Waals surface area (Å²) in [6.45, 7) is 3.78. The van der Waals surface area contributed by atoms with E-state index in [9.17, 15) is 22.7 Å². The maximum absolute atomic E-state index is 13.0. The van der Waals surface area contributed by atoms with Gasteiger partial charge in [0.05, 0.1) is 27.8 Å². The lowest BCUT2D eigenvalue weighted by Gasteiger charge is -2.22. The molecule has 0 saturated carbocycles. The number of thiazole rings is 1. The fourth-order valence-corrected chi connectivity index (χ4v) is 4.94. The highest BCUT2D eigenvalue weighted by molar-refractivity contribution is 7.93. The zero-order chi connectivity index (χ0) is 21.9. The molecular weight excluding hydrogens is 429 g/mol. The third-order valence-corrected chi connectivity index (χ3v) is 7.26. The monoisotopic (exact) mass is 451 g/mol. The highest BCUT2D eigenvalue weighted by atomic mass is 32.2. The molecule has 10 heteroatoms. The highest BCUT2D eigenvalue weighted by Crippen LogP contribution is 2.28. The molecule has 0 fully saturated rings. The van der Waals surface area contributed by atoms with Gasteiger partial charge in [-0.25, -0.2) is 17.8 Å². The quantitative estimate of drug-likeness (QED) is 0.487. The fourth-order valence-electron chi connectivity index (χ4n) is 2.80. The number of nitrogens with zero attached hydrogens (tertiary/aromatic N) is 1. The molecule has 160 valence electrons. The molecule has 0 aliphatic carbocycles. The number of aliphatic hydroxyl groups is 1. The van der Waals surface area contributed by atoms with E-state index in [1.807, 2.05) is 13.8 Å². The standard InChI is InChI=1S/C20H22FN3O4S2/c1-3-12(2)17(11-25)22-19(26)13-4-9-16-18(10-13)29-20(23-16)24-30(27,28)15-7-5-14(21)6-8-15/h4-10,12,17,25H,3,11H2,1-2H3,(H,22,26)(H,23,24)/t12-,17+/m0/s1. The first-order chi connectivity index (χ1) is 14.2. The van der Waals surface area contributed by atoms with E-state index in [1.54, 1.807) is 18.2 Å². The fraction of sp³-hybridized carbons (Fsp3) is 0.300. The van der Waals surface area contributed by atoms with Gasteiger partial charge in [-0.1, -0.05) is 31.6 Å². The normalized spacial score (nSPS) is 13.7. The number of amides is 1. The molecule has 30 heavy (non-hydrogen) atoms. The first-order valence-electron chi connectivity index (χ1n) is 9.34. The summed E-state index contributed by atoms with van der Waals surface area (Å²) in [5.41, 5.74) is 0.926. The van der Waals surface area contributed by atoms with Crippen LogP contribution in [0.15, 0.2) is 47.4 Å². The Balaban J connectivity index is 1.80. The number of hydrogen-bond acceptors (Lipinski definition) is 6. The maximum atomic E-state index is 13.0. The zero-order valence-electron chi connectivity index (χ0n) is 16.4. The van der Waals surface area contributed by atoms with Crippen molar-refractivity contribution in [3.8, 4) is 0 Å². The number of fused-ring (bicyclic) bond motifs is 1. The van der Waals surface area contributed by atoms with Crippen molar-refractivity contribution >= 4 is 42.6 Å². The van der Waals surface area contributed by atoms with Crippen LogP contribution in [0.4, 0.5) is 9.52 Å². The molecule has 1 heterocycles. The molecule has 0 bridgehead atoms. The van der Waals surface area contributed by atoms with Crippen LogP contribution >= 0.6 is 11.3 Å². The molecule has 0 unspecified atom stereocenters. The molecule has 3 aromatic rings. The summed E-state index contributed by atoms with van der Waals surface area (Å²) in [6, 6.07) is 8.98. The van der Waals surface area contributed by atoms with Crippen LogP contribution < -0.4 is 10.0 Å². The van der Waals surface area contributed by atoms with Crippen LogP contribution in [0.3, 0.4) is 0 Å². The molecule has 0 aliphatic rings. The number of nitrogens with one attached hydrogen (secondary N) is 2. The summed E-state index contributed by atoms with van der Waals surface area (Å²) in [4.78, 5) is 16.7. The number of sulfonamides is 1. The van der Waals surface area contributed by atoms with Gasteiger partial charge in [-0.3, -0.25) is 9.52 Å². The van der Waals surface area contributed by atoms with Gasteiger partial charge < -0.3 is 10.4 Å². The lowest BCUT2D eigenvalue weighted by Crippen LogP contribution is -2.41. The van der Waals surface area contributed by atoms with Crippen molar-refractivity contribution in [3.05, 3.63) is 53.8 Å². The molecule has 0 saturated heterocycles. The van der Waals surface area contributed by atoms with Gasteiger partial charge in [-0.05, 0) is 48.4 Å². The zero-order valence-corrected chi connectivity index (χ0v) is 18.1. The molecule has 2 aromatic carbocycles. The SMILES string of the molecule is CC[C@H](C)[C@@H](CO)NC(=O)c1ccc2nc(NS(=O)(=O)c3ccc(F)cc3)sc2c1. The van der Waals surface area contributed by atoms with Gasteiger partial charge in [0.25, 0.3) is 15.9 Å². The van der Waals surface area contributed by atoms with Crippen LogP contribution in [0.1, 0.15) is 30.6 Å². The summed E-state index contributed by atoms with van der Waals surface area (Å²) < 4.78 is 41.0. The summed E-state index contributed by atoms with van der Waals surface area (Å²) in [6.07, 6.45) is 0.816. The number of aromatic nitrogens is 1. The summed E-state index contributed by atoms with van der Waals surface area (Å²) in [5, 5.41) is 12.5. The van der Waals surface area contributed by atoms with E-state index in [2.05, 4.69) is 15.0 Å². The van der Waals surface area contributed by atoms with Crippen LogP contribution in [-0.2, 0) is 10.0 Å². The predicted octanol–water partition coefficient (Wildman–Crippen LogP) is 3.37. The van der Waals surface area contributed by atoms with Crippen molar-refractivity contribution in [3.63, 3.8) is 0 Å². The van der Waals surface area contributed by atoms with E-state index >= 15 is 0 Å². The second kappa shape index (κ2) is 9.07. The van der Waals surface area contributed by atoms with Gasteiger partial charge in [0.2, 0.25) is 0 Å². The van der Waals surface area contributed by atoms with Gasteiger partial charge in [0.1, 0.15) is 5.82 Å². The van der Waals surface area contributed by atoms with Crippen molar-refractivity contribution in [1.82, 2.24) is 10.3 Å². The summed E-state index contributed by atoms with van der Waals surface area (Å²) in [5.74, 6) is -0.729. The Bertz CT molecular complexity index is 1150. The minimum Gasteiger partial charge on any atom is -0.394 e. The summed E-state index contributed by atoms with van der Waals surface area (Å²) in [7, 11) is -3.91. The van der Waals surface area contributed by atoms with Gasteiger partial charge >= 0.3 is 0 Å². The van der Waals surface area contributed by atoms with Crippen molar-refractivity contribution in [2.75, 3.05) is 11.3 Å². The number of hydrogen-bond donors (Lipinski definition) is 3. The average molecular weight is 452 g/mol. The molecule has 0 spiro atoms. The predicted molar refractivity (Wildman–Crippen MR) is 115 cm³/mol. The Hall–Kier alpha value is -2.56. The highest BCUT2D eigenvalue weighted by Gasteiger charge is 2.20. The Morgan fingerprint density at radius 3 is 2.57 bits per heavy atom. The number of halogens is 1. The number of benzene rings is 2. The van der Waals surface area contributed by atoms with Crippen LogP contribution in [0.5, 0.6) is 0 Å². The third-order valence-electron chi connectivity index (χ3n) is 4.84. The van der Waals surface area contributed by atoms with E-state index in [1.165, 1.54) is 12.1 Å². The van der Waals surface area contributed by atoms with Crippen LogP contribution in [-0.4, -0.2) is 37.1 Å².